The molecule has 0 aliphatic carbocycles. The Bertz CT molecular complexity index is 1900. The van der Waals surface area contributed by atoms with Gasteiger partial charge < -0.3 is 20.1 Å². The van der Waals surface area contributed by atoms with Gasteiger partial charge >= 0.3 is 6.01 Å². The van der Waals surface area contributed by atoms with Gasteiger partial charge in [0.25, 0.3) is 0 Å². The molecule has 3 saturated heterocycles. The Labute approximate surface area is 260 Å². The minimum absolute atomic E-state index is 0.0119. The Balaban J connectivity index is 1.35. The summed E-state index contributed by atoms with van der Waals surface area (Å²) in [6.07, 6.45) is 3.80. The van der Waals surface area contributed by atoms with E-state index in [9.17, 15) is 14.0 Å². The molecule has 44 heavy (non-hydrogen) atoms. The Morgan fingerprint density at radius 3 is 2.91 bits per heavy atom. The SMILES string of the molecule is N#Cc1c(N)sc2c(F)ccc(-c3c(Cl)c4c5c(nc(OC[C@@]67CCCN6C[C@H](F)C7)nc5c3F)N3CCC[C@H]3CCO4)c12. The molecule has 0 spiro atoms. The van der Waals surface area contributed by atoms with Crippen LogP contribution in [0.3, 0.4) is 0 Å². The van der Waals surface area contributed by atoms with Crippen LogP contribution < -0.4 is 20.1 Å². The van der Waals surface area contributed by atoms with Crippen molar-refractivity contribution in [2.24, 2.45) is 0 Å². The zero-order chi connectivity index (χ0) is 30.3. The quantitative estimate of drug-likeness (QED) is 0.266. The fourth-order valence-electron chi connectivity index (χ4n) is 7.75. The number of anilines is 2. The molecule has 6 heterocycles. The van der Waals surface area contributed by atoms with Crippen LogP contribution >= 0.6 is 22.9 Å². The van der Waals surface area contributed by atoms with E-state index in [1.165, 1.54) is 12.1 Å². The molecular formula is C31H28ClF3N6O2S. The fraction of sp³-hybridized carbons (Fsp3) is 0.452. The van der Waals surface area contributed by atoms with Crippen molar-refractivity contribution in [3.05, 3.63) is 34.4 Å². The van der Waals surface area contributed by atoms with Gasteiger partial charge in [-0.25, -0.2) is 13.2 Å². The molecule has 8 nitrogen and oxygen atoms in total. The molecule has 3 fully saturated rings. The summed E-state index contributed by atoms with van der Waals surface area (Å²) in [5.41, 5.74) is 5.77. The van der Waals surface area contributed by atoms with Crippen LogP contribution in [-0.4, -0.2) is 65.5 Å². The van der Waals surface area contributed by atoms with Gasteiger partial charge in [-0.05, 0) is 43.9 Å². The van der Waals surface area contributed by atoms with Crippen LogP contribution in [0, 0.1) is 23.0 Å². The Kier molecular flexibility index (Phi) is 6.52. The van der Waals surface area contributed by atoms with Crippen LogP contribution in [0.5, 0.6) is 11.8 Å². The number of nitrogens with zero attached hydrogens (tertiary/aromatic N) is 5. The van der Waals surface area contributed by atoms with Gasteiger partial charge in [-0.1, -0.05) is 17.7 Å². The Morgan fingerprint density at radius 2 is 2.07 bits per heavy atom. The third-order valence-electron chi connectivity index (χ3n) is 9.72. The van der Waals surface area contributed by atoms with Crippen molar-refractivity contribution in [1.82, 2.24) is 14.9 Å². The van der Waals surface area contributed by atoms with Crippen LogP contribution in [0.4, 0.5) is 24.0 Å². The van der Waals surface area contributed by atoms with Gasteiger partial charge in [-0.15, -0.1) is 11.3 Å². The van der Waals surface area contributed by atoms with Crippen molar-refractivity contribution < 1.29 is 22.6 Å². The highest BCUT2D eigenvalue weighted by Gasteiger charge is 2.49. The maximum Gasteiger partial charge on any atom is 0.319 e. The van der Waals surface area contributed by atoms with E-state index in [4.69, 9.17) is 31.8 Å². The number of nitrogens with two attached hydrogens (primary N) is 1. The van der Waals surface area contributed by atoms with E-state index in [0.717, 1.165) is 50.1 Å². The molecule has 2 aromatic carbocycles. The van der Waals surface area contributed by atoms with E-state index in [2.05, 4.69) is 14.8 Å². The minimum Gasteiger partial charge on any atom is -0.491 e. The summed E-state index contributed by atoms with van der Waals surface area (Å²) in [6.45, 7) is 2.44. The van der Waals surface area contributed by atoms with Crippen molar-refractivity contribution in [2.75, 3.05) is 43.5 Å². The second kappa shape index (κ2) is 10.3. The van der Waals surface area contributed by atoms with Gasteiger partial charge in [-0.3, -0.25) is 4.90 Å². The van der Waals surface area contributed by atoms with Crippen LogP contribution in [-0.2, 0) is 0 Å². The zero-order valence-electron chi connectivity index (χ0n) is 23.6. The number of fused-ring (bicyclic) bond motifs is 4. The van der Waals surface area contributed by atoms with Crippen molar-refractivity contribution in [2.45, 2.75) is 56.3 Å². The van der Waals surface area contributed by atoms with E-state index in [0.29, 0.717) is 37.2 Å². The van der Waals surface area contributed by atoms with Crippen molar-refractivity contribution >= 4 is 54.7 Å². The summed E-state index contributed by atoms with van der Waals surface area (Å²) >= 11 is 7.91. The first-order chi connectivity index (χ1) is 21.3. The number of hydrogen-bond donors (Lipinski definition) is 1. The summed E-state index contributed by atoms with van der Waals surface area (Å²) in [5.74, 6) is -0.644. The van der Waals surface area contributed by atoms with E-state index < -0.39 is 23.3 Å². The number of rotatable bonds is 4. The van der Waals surface area contributed by atoms with Gasteiger partial charge in [0.05, 0.1) is 32.8 Å². The fourth-order valence-corrected chi connectivity index (χ4v) is 9.03. The highest BCUT2D eigenvalue weighted by Crippen LogP contribution is 2.51. The van der Waals surface area contributed by atoms with Crippen molar-refractivity contribution in [3.63, 3.8) is 0 Å². The third kappa shape index (κ3) is 4.05. The lowest BCUT2D eigenvalue weighted by Gasteiger charge is -2.32. The average molecular weight is 641 g/mol. The van der Waals surface area contributed by atoms with Gasteiger partial charge in [0, 0.05) is 42.9 Å². The molecule has 0 amide bonds. The number of hydrogen-bond acceptors (Lipinski definition) is 9. The van der Waals surface area contributed by atoms with Gasteiger partial charge in [0.15, 0.2) is 11.6 Å². The molecule has 0 unspecified atom stereocenters. The molecule has 4 aromatic rings. The maximum absolute atomic E-state index is 17.0. The average Bonchev–Trinajstić information content (AvgIpc) is 3.76. The molecule has 3 atom stereocenters. The van der Waals surface area contributed by atoms with E-state index >= 15 is 4.39 Å². The van der Waals surface area contributed by atoms with E-state index in [1.54, 1.807) is 0 Å². The lowest BCUT2D eigenvalue weighted by atomic mass is 9.95. The number of aromatic nitrogens is 2. The van der Waals surface area contributed by atoms with Gasteiger partial charge in [0.1, 0.15) is 41.0 Å². The van der Waals surface area contributed by atoms with Crippen molar-refractivity contribution in [3.8, 4) is 29.0 Å². The zero-order valence-corrected chi connectivity index (χ0v) is 25.2. The monoisotopic (exact) mass is 640 g/mol. The lowest BCUT2D eigenvalue weighted by Crippen LogP contribution is -2.43. The summed E-state index contributed by atoms with van der Waals surface area (Å²) in [6, 6.07) is 4.77. The molecule has 4 aliphatic heterocycles. The first-order valence-corrected chi connectivity index (χ1v) is 16.0. The summed E-state index contributed by atoms with van der Waals surface area (Å²) in [4.78, 5) is 13.7. The maximum atomic E-state index is 17.0. The molecule has 13 heteroatoms. The number of thiophene rings is 1. The summed E-state index contributed by atoms with van der Waals surface area (Å²) < 4.78 is 59.0. The Hall–Kier alpha value is -3.53. The number of halogens is 4. The van der Waals surface area contributed by atoms with E-state index in [1.807, 2.05) is 6.07 Å². The molecule has 0 saturated carbocycles. The van der Waals surface area contributed by atoms with Crippen molar-refractivity contribution in [1.29, 1.82) is 5.26 Å². The largest absolute Gasteiger partial charge is 0.491 e. The standard InChI is InChI=1S/C31H28ClF3N6O2S/c32-23-21(17-4-5-19(34)27-20(17)18(12-36)28(37)44-27)24(35)25-22-26(23)42-10-6-16-3-1-9-41(16)29(22)39-30(38-25)43-14-31-7-2-8-40(31)13-15(33)11-31/h4-5,15-16H,1-3,6-11,13-14,37H2/t15-,16+,31+/m1/s1. The summed E-state index contributed by atoms with van der Waals surface area (Å²) in [7, 11) is 0. The van der Waals surface area contributed by atoms with E-state index in [-0.39, 0.29) is 66.7 Å². The predicted molar refractivity (Wildman–Crippen MR) is 163 cm³/mol. The molecule has 2 N–H and O–H groups in total. The van der Waals surface area contributed by atoms with Gasteiger partial charge in [0.2, 0.25) is 0 Å². The first kappa shape index (κ1) is 28.0. The topological polar surface area (TPSA) is 101 Å². The molecule has 2 aromatic heterocycles. The molecule has 4 aliphatic rings. The highest BCUT2D eigenvalue weighted by molar-refractivity contribution is 7.23. The second-order valence-electron chi connectivity index (χ2n) is 12.1. The van der Waals surface area contributed by atoms with Crippen LogP contribution in [0.15, 0.2) is 12.1 Å². The van der Waals surface area contributed by atoms with Gasteiger partial charge in [-0.2, -0.15) is 15.2 Å². The van der Waals surface area contributed by atoms with Crippen LogP contribution in [0.2, 0.25) is 5.02 Å². The molecule has 0 radical (unpaired) electrons. The number of alkyl halides is 1. The lowest BCUT2D eigenvalue weighted by molar-refractivity contribution is 0.107. The van der Waals surface area contributed by atoms with Crippen LogP contribution in [0.1, 0.15) is 44.1 Å². The molecule has 8 rings (SSSR count). The predicted octanol–water partition coefficient (Wildman–Crippen LogP) is 6.60. The second-order valence-corrected chi connectivity index (χ2v) is 13.6. The number of nitriles is 1. The third-order valence-corrected chi connectivity index (χ3v) is 11.1. The van der Waals surface area contributed by atoms with Crippen LogP contribution in [0.25, 0.3) is 32.1 Å². The number of ether oxygens (including phenoxy) is 2. The number of nitrogen functional groups attached to an aromatic ring is 1. The smallest absolute Gasteiger partial charge is 0.319 e. The minimum atomic E-state index is -0.922. The highest BCUT2D eigenvalue weighted by atomic mass is 35.5. The number of benzene rings is 2. The molecule has 0 bridgehead atoms. The Morgan fingerprint density at radius 1 is 1.20 bits per heavy atom. The molecule has 228 valence electrons. The first-order valence-electron chi connectivity index (χ1n) is 14.8. The molecular weight excluding hydrogens is 613 g/mol. The normalized spacial score (nSPS) is 24.7. The summed E-state index contributed by atoms with van der Waals surface area (Å²) in [5, 5.41) is 10.5.